The molecule has 2 aromatic rings. The maximum atomic E-state index is 12.4. The van der Waals surface area contributed by atoms with Crippen LogP contribution in [0.25, 0.3) is 0 Å². The van der Waals surface area contributed by atoms with Gasteiger partial charge in [-0.3, -0.25) is 14.9 Å². The molecule has 1 amide bonds. The normalized spacial score (nSPS) is 10.8. The third-order valence-corrected chi connectivity index (χ3v) is 5.82. The lowest BCUT2D eigenvalue weighted by Gasteiger charge is -2.10. The van der Waals surface area contributed by atoms with Crippen LogP contribution in [0.2, 0.25) is 0 Å². The van der Waals surface area contributed by atoms with Crippen LogP contribution >= 0.6 is 0 Å². The number of carbonyl (C=O) groups is 3. The molecular formula is C20H21N3O10S. The van der Waals surface area contributed by atoms with Crippen LogP contribution in [0.4, 0.5) is 11.4 Å². The number of hydrogen-bond donors (Lipinski definition) is 2. The molecule has 2 rings (SSSR count). The van der Waals surface area contributed by atoms with E-state index in [9.17, 15) is 32.9 Å². The molecule has 0 spiro atoms. The van der Waals surface area contributed by atoms with E-state index in [1.165, 1.54) is 25.3 Å². The predicted octanol–water partition coefficient (Wildman–Crippen LogP) is 1.48. The van der Waals surface area contributed by atoms with Gasteiger partial charge in [0.1, 0.15) is 0 Å². The van der Waals surface area contributed by atoms with E-state index in [1.807, 2.05) is 0 Å². The van der Waals surface area contributed by atoms with E-state index >= 15 is 0 Å². The third-order valence-electron chi connectivity index (χ3n) is 4.36. The summed E-state index contributed by atoms with van der Waals surface area (Å²) in [6.45, 7) is -0.339. The molecule has 0 bridgehead atoms. The van der Waals surface area contributed by atoms with Crippen molar-refractivity contribution in [3.05, 3.63) is 57.6 Å². The number of sulfonamides is 1. The van der Waals surface area contributed by atoms with Gasteiger partial charge >= 0.3 is 17.6 Å². The second-order valence-electron chi connectivity index (χ2n) is 6.57. The summed E-state index contributed by atoms with van der Waals surface area (Å²) in [6, 6.07) is 6.89. The fraction of sp³-hybridized carbons (Fsp3) is 0.250. The Morgan fingerprint density at radius 1 is 0.971 bits per heavy atom. The van der Waals surface area contributed by atoms with Gasteiger partial charge in [0, 0.05) is 24.7 Å². The minimum atomic E-state index is -4.16. The lowest BCUT2D eigenvalue weighted by Crippen LogP contribution is -2.28. The minimum Gasteiger partial charge on any atom is -0.490 e. The van der Waals surface area contributed by atoms with Gasteiger partial charge in [-0.25, -0.2) is 22.7 Å². The number of nitro benzene ring substituents is 1. The number of methoxy groups -OCH3 is 3. The zero-order valence-electron chi connectivity index (χ0n) is 18.3. The van der Waals surface area contributed by atoms with E-state index in [0.29, 0.717) is 0 Å². The van der Waals surface area contributed by atoms with E-state index in [1.54, 1.807) is 0 Å². The number of esters is 2. The summed E-state index contributed by atoms with van der Waals surface area (Å²) in [7, 11) is -0.659. The monoisotopic (exact) mass is 495 g/mol. The van der Waals surface area contributed by atoms with Gasteiger partial charge in [0.15, 0.2) is 5.75 Å². The van der Waals surface area contributed by atoms with Crippen LogP contribution in [-0.2, 0) is 24.3 Å². The zero-order valence-corrected chi connectivity index (χ0v) is 19.1. The third kappa shape index (κ3) is 6.49. The first kappa shape index (κ1) is 26.2. The maximum absolute atomic E-state index is 12.4. The van der Waals surface area contributed by atoms with Gasteiger partial charge in [-0.1, -0.05) is 0 Å². The summed E-state index contributed by atoms with van der Waals surface area (Å²) in [6.07, 6.45) is -0.326. The zero-order chi connectivity index (χ0) is 25.5. The Kier molecular flexibility index (Phi) is 8.64. The van der Waals surface area contributed by atoms with Crippen molar-refractivity contribution in [1.82, 2.24) is 4.72 Å². The van der Waals surface area contributed by atoms with Crippen LogP contribution in [0, 0.1) is 10.1 Å². The summed E-state index contributed by atoms with van der Waals surface area (Å²) in [5.74, 6) is -2.24. The van der Waals surface area contributed by atoms with Gasteiger partial charge in [0.25, 0.3) is 0 Å². The maximum Gasteiger partial charge on any atom is 0.337 e. The van der Waals surface area contributed by atoms with Crippen molar-refractivity contribution in [1.29, 1.82) is 0 Å². The second-order valence-corrected chi connectivity index (χ2v) is 8.34. The summed E-state index contributed by atoms with van der Waals surface area (Å²) in [5, 5.41) is 13.6. The van der Waals surface area contributed by atoms with Crippen molar-refractivity contribution >= 4 is 39.2 Å². The molecule has 0 aliphatic carbocycles. The smallest absolute Gasteiger partial charge is 0.337 e. The van der Waals surface area contributed by atoms with Crippen LogP contribution in [-0.4, -0.2) is 59.1 Å². The molecule has 0 aliphatic rings. The molecule has 2 aromatic carbocycles. The molecule has 14 heteroatoms. The molecule has 0 saturated heterocycles. The van der Waals surface area contributed by atoms with E-state index < -0.39 is 38.5 Å². The van der Waals surface area contributed by atoms with Gasteiger partial charge < -0.3 is 19.5 Å². The van der Waals surface area contributed by atoms with Crippen LogP contribution < -0.4 is 14.8 Å². The highest BCUT2D eigenvalue weighted by Crippen LogP contribution is 2.29. The number of carbonyl (C=O) groups excluding carboxylic acids is 3. The average molecular weight is 495 g/mol. The standard InChI is InChI=1S/C20H21N3O10S/c1-31-17-5-4-15(11-16(17)23(27)28)34(29,30)21-7-6-18(24)22-14-9-12(19(25)32-2)8-13(10-14)20(26)33-3/h4-5,8-11,21H,6-7H2,1-3H3,(H,22,24). The highest BCUT2D eigenvalue weighted by Gasteiger charge is 2.22. The highest BCUT2D eigenvalue weighted by atomic mass is 32.2. The minimum absolute atomic E-state index is 0.0116. The van der Waals surface area contributed by atoms with E-state index in [2.05, 4.69) is 19.5 Å². The van der Waals surface area contributed by atoms with Crippen LogP contribution in [0.1, 0.15) is 27.1 Å². The Hall–Kier alpha value is -4.04. The number of nitrogens with zero attached hydrogens (tertiary/aromatic N) is 1. The first-order valence-electron chi connectivity index (χ1n) is 9.46. The van der Waals surface area contributed by atoms with Crippen molar-refractivity contribution < 1.29 is 41.9 Å². The number of benzene rings is 2. The summed E-state index contributed by atoms with van der Waals surface area (Å²) in [4.78, 5) is 45.9. The molecule has 0 unspecified atom stereocenters. The van der Waals surface area contributed by atoms with Gasteiger partial charge in [-0.15, -0.1) is 0 Å². The summed E-state index contributed by atoms with van der Waals surface area (Å²) in [5.41, 5.74) is -0.470. The number of hydrogen-bond acceptors (Lipinski definition) is 10. The number of amides is 1. The second kappa shape index (κ2) is 11.2. The Balaban J connectivity index is 2.09. The predicted molar refractivity (Wildman–Crippen MR) is 117 cm³/mol. The van der Waals surface area contributed by atoms with E-state index in [-0.39, 0.29) is 40.4 Å². The summed E-state index contributed by atoms with van der Waals surface area (Å²) < 4.78 is 41.1. The molecule has 0 heterocycles. The SMILES string of the molecule is COC(=O)c1cc(NC(=O)CCNS(=O)(=O)c2ccc(OC)c([N+](=O)[O-])c2)cc(C(=O)OC)c1. The van der Waals surface area contributed by atoms with Crippen LogP contribution in [0.5, 0.6) is 5.75 Å². The molecule has 13 nitrogen and oxygen atoms in total. The highest BCUT2D eigenvalue weighted by molar-refractivity contribution is 7.89. The van der Waals surface area contributed by atoms with Gasteiger partial charge in [0.2, 0.25) is 15.9 Å². The Labute approximate surface area is 194 Å². The fourth-order valence-electron chi connectivity index (χ4n) is 2.76. The van der Waals surface area contributed by atoms with E-state index in [4.69, 9.17) is 4.74 Å². The molecule has 0 atom stereocenters. The topological polar surface area (TPSA) is 180 Å². The molecule has 0 radical (unpaired) electrons. The number of rotatable bonds is 10. The molecule has 0 saturated carbocycles. The van der Waals surface area contributed by atoms with Crippen molar-refractivity contribution in [2.45, 2.75) is 11.3 Å². The van der Waals surface area contributed by atoms with Gasteiger partial charge in [0.05, 0.1) is 42.3 Å². The molecule has 2 N–H and O–H groups in total. The average Bonchev–Trinajstić information content (AvgIpc) is 2.81. The van der Waals surface area contributed by atoms with Crippen molar-refractivity contribution in [3.8, 4) is 5.75 Å². The van der Waals surface area contributed by atoms with Crippen molar-refractivity contribution in [3.63, 3.8) is 0 Å². The lowest BCUT2D eigenvalue weighted by molar-refractivity contribution is -0.386. The van der Waals surface area contributed by atoms with Gasteiger partial charge in [-0.2, -0.15) is 0 Å². The number of ether oxygens (including phenoxy) is 3. The van der Waals surface area contributed by atoms with Crippen LogP contribution in [0.15, 0.2) is 41.3 Å². The van der Waals surface area contributed by atoms with E-state index in [0.717, 1.165) is 32.4 Å². The quantitative estimate of drug-likeness (QED) is 0.278. The molecule has 0 fully saturated rings. The first-order chi connectivity index (χ1) is 16.0. The molecule has 0 aromatic heterocycles. The van der Waals surface area contributed by atoms with Gasteiger partial charge in [-0.05, 0) is 30.3 Å². The Morgan fingerprint density at radius 3 is 2.06 bits per heavy atom. The molecule has 182 valence electrons. The van der Waals surface area contributed by atoms with Crippen LogP contribution in [0.3, 0.4) is 0 Å². The fourth-order valence-corrected chi connectivity index (χ4v) is 3.81. The lowest BCUT2D eigenvalue weighted by atomic mass is 10.1. The number of anilines is 1. The Bertz CT molecular complexity index is 1190. The Morgan fingerprint density at radius 2 is 1.56 bits per heavy atom. The number of nitrogens with one attached hydrogen (secondary N) is 2. The van der Waals surface area contributed by atoms with Crippen molar-refractivity contribution in [2.24, 2.45) is 0 Å². The molecule has 0 aliphatic heterocycles. The summed E-state index contributed by atoms with van der Waals surface area (Å²) >= 11 is 0. The molecule has 34 heavy (non-hydrogen) atoms. The van der Waals surface area contributed by atoms with Crippen molar-refractivity contribution in [2.75, 3.05) is 33.2 Å². The molecular weight excluding hydrogens is 474 g/mol. The largest absolute Gasteiger partial charge is 0.490 e. The number of nitro groups is 1. The first-order valence-corrected chi connectivity index (χ1v) is 10.9.